The van der Waals surface area contributed by atoms with E-state index in [0.29, 0.717) is 0 Å². The second-order valence-corrected chi connectivity index (χ2v) is 5.97. The highest BCUT2D eigenvalue weighted by molar-refractivity contribution is 7.17. The maximum atomic E-state index is 10.7. The first-order valence-corrected chi connectivity index (χ1v) is 7.61. The number of rotatable bonds is 2. The van der Waals surface area contributed by atoms with Crippen molar-refractivity contribution in [1.29, 1.82) is 0 Å². The minimum atomic E-state index is -0.580. The largest absolute Gasteiger partial charge is 0.493 e. The van der Waals surface area contributed by atoms with Gasteiger partial charge in [0.25, 0.3) is 0 Å². The molecule has 1 N–H and O–H groups in total. The lowest BCUT2D eigenvalue weighted by molar-refractivity contribution is 0.222. The van der Waals surface area contributed by atoms with Gasteiger partial charge in [-0.25, -0.2) is 0 Å². The number of benzene rings is 2. The summed E-state index contributed by atoms with van der Waals surface area (Å²) in [7, 11) is 0. The maximum Gasteiger partial charge on any atom is 0.122 e. The van der Waals surface area contributed by atoms with Crippen LogP contribution in [0.3, 0.4) is 0 Å². The molecule has 1 atom stereocenters. The van der Waals surface area contributed by atoms with Gasteiger partial charge in [-0.1, -0.05) is 24.3 Å². The summed E-state index contributed by atoms with van der Waals surface area (Å²) in [5.74, 6) is 0.954. The number of fused-ring (bicyclic) bond motifs is 2. The van der Waals surface area contributed by atoms with Crippen molar-refractivity contribution in [2.24, 2.45) is 0 Å². The Morgan fingerprint density at radius 3 is 3.05 bits per heavy atom. The van der Waals surface area contributed by atoms with Gasteiger partial charge in [-0.3, -0.25) is 0 Å². The van der Waals surface area contributed by atoms with Crippen LogP contribution in [0, 0.1) is 0 Å². The zero-order valence-electron chi connectivity index (χ0n) is 10.9. The van der Waals surface area contributed by atoms with Crippen molar-refractivity contribution in [2.45, 2.75) is 12.5 Å². The molecule has 1 aliphatic heterocycles. The van der Waals surface area contributed by atoms with E-state index >= 15 is 0 Å². The average Bonchev–Trinajstić information content (AvgIpc) is 3.13. The molecule has 100 valence electrons. The Labute approximate surface area is 121 Å². The maximum absolute atomic E-state index is 10.7. The second-order valence-electron chi connectivity index (χ2n) is 5.05. The Balaban J connectivity index is 1.80. The van der Waals surface area contributed by atoms with Crippen LogP contribution >= 0.6 is 11.3 Å². The molecule has 4 rings (SSSR count). The quantitative estimate of drug-likeness (QED) is 0.772. The fourth-order valence-corrected chi connectivity index (χ4v) is 3.73. The summed E-state index contributed by atoms with van der Waals surface area (Å²) >= 11 is 1.68. The van der Waals surface area contributed by atoms with Crippen molar-refractivity contribution in [2.75, 3.05) is 6.61 Å². The first-order valence-electron chi connectivity index (χ1n) is 6.73. The number of aliphatic hydroxyl groups excluding tert-OH is 1. The molecular weight excluding hydrogens is 268 g/mol. The summed E-state index contributed by atoms with van der Waals surface area (Å²) in [4.78, 5) is 0. The molecule has 0 fully saturated rings. The number of thiophene rings is 1. The van der Waals surface area contributed by atoms with E-state index in [1.54, 1.807) is 11.3 Å². The van der Waals surface area contributed by atoms with Crippen LogP contribution in [0.4, 0.5) is 0 Å². The Morgan fingerprint density at radius 1 is 1.15 bits per heavy atom. The zero-order valence-corrected chi connectivity index (χ0v) is 11.7. The number of ether oxygens (including phenoxy) is 1. The van der Waals surface area contributed by atoms with E-state index < -0.39 is 6.10 Å². The van der Waals surface area contributed by atoms with Gasteiger partial charge < -0.3 is 9.84 Å². The van der Waals surface area contributed by atoms with E-state index in [4.69, 9.17) is 4.74 Å². The molecule has 2 aromatic carbocycles. The van der Waals surface area contributed by atoms with Crippen molar-refractivity contribution in [3.05, 3.63) is 64.5 Å². The number of hydrogen-bond donors (Lipinski definition) is 1. The van der Waals surface area contributed by atoms with Gasteiger partial charge in [-0.2, -0.15) is 0 Å². The summed E-state index contributed by atoms with van der Waals surface area (Å²) in [6, 6.07) is 14.2. The fraction of sp³-hybridized carbons (Fsp3) is 0.176. The topological polar surface area (TPSA) is 29.5 Å². The lowest BCUT2D eigenvalue weighted by atomic mass is 9.98. The minimum absolute atomic E-state index is 0.580. The summed E-state index contributed by atoms with van der Waals surface area (Å²) < 4.78 is 6.68. The van der Waals surface area contributed by atoms with Gasteiger partial charge in [-0.05, 0) is 40.1 Å². The molecule has 2 heterocycles. The Hall–Kier alpha value is -1.84. The van der Waals surface area contributed by atoms with Gasteiger partial charge >= 0.3 is 0 Å². The molecule has 3 heteroatoms. The molecule has 1 aliphatic rings. The van der Waals surface area contributed by atoms with Crippen molar-refractivity contribution < 1.29 is 9.84 Å². The van der Waals surface area contributed by atoms with E-state index in [-0.39, 0.29) is 0 Å². The zero-order chi connectivity index (χ0) is 13.5. The van der Waals surface area contributed by atoms with Crippen molar-refractivity contribution in [3.8, 4) is 5.75 Å². The lowest BCUT2D eigenvalue weighted by Gasteiger charge is -2.13. The van der Waals surface area contributed by atoms with Crippen LogP contribution in [0.25, 0.3) is 10.1 Å². The van der Waals surface area contributed by atoms with Gasteiger partial charge in [0.2, 0.25) is 0 Å². The number of hydrogen-bond acceptors (Lipinski definition) is 3. The highest BCUT2D eigenvalue weighted by Gasteiger charge is 2.18. The van der Waals surface area contributed by atoms with E-state index in [1.807, 2.05) is 24.3 Å². The van der Waals surface area contributed by atoms with E-state index in [2.05, 4.69) is 23.6 Å². The predicted octanol–water partition coefficient (Wildman–Crippen LogP) is 3.92. The fourth-order valence-electron chi connectivity index (χ4n) is 2.79. The lowest BCUT2D eigenvalue weighted by Crippen LogP contribution is -2.00. The van der Waals surface area contributed by atoms with Gasteiger partial charge in [-0.15, -0.1) is 11.3 Å². The summed E-state index contributed by atoms with van der Waals surface area (Å²) in [6.45, 7) is 0.745. The second kappa shape index (κ2) is 4.62. The predicted molar refractivity (Wildman–Crippen MR) is 81.5 cm³/mol. The van der Waals surface area contributed by atoms with Crippen LogP contribution < -0.4 is 4.74 Å². The highest BCUT2D eigenvalue weighted by Crippen LogP contribution is 2.34. The van der Waals surface area contributed by atoms with Gasteiger partial charge in [0, 0.05) is 16.7 Å². The van der Waals surface area contributed by atoms with Crippen molar-refractivity contribution in [3.63, 3.8) is 0 Å². The summed E-state index contributed by atoms with van der Waals surface area (Å²) in [5.41, 5.74) is 3.12. The standard InChI is InChI=1S/C17H14O2S/c18-16(13-4-5-15-12(10-13)6-8-19-15)14-3-1-2-11-7-9-20-17(11)14/h1-5,7,9-10,16,18H,6,8H2. The van der Waals surface area contributed by atoms with E-state index in [9.17, 15) is 5.11 Å². The average molecular weight is 282 g/mol. The van der Waals surface area contributed by atoms with Crippen molar-refractivity contribution in [1.82, 2.24) is 0 Å². The van der Waals surface area contributed by atoms with Crippen LogP contribution in [-0.4, -0.2) is 11.7 Å². The first-order chi connectivity index (χ1) is 9.83. The summed E-state index contributed by atoms with van der Waals surface area (Å²) in [5, 5.41) is 14.0. The molecule has 3 aromatic rings. The van der Waals surface area contributed by atoms with E-state index in [1.165, 1.54) is 10.9 Å². The Morgan fingerprint density at radius 2 is 2.10 bits per heavy atom. The highest BCUT2D eigenvalue weighted by atomic mass is 32.1. The van der Waals surface area contributed by atoms with Crippen molar-refractivity contribution >= 4 is 21.4 Å². The van der Waals surface area contributed by atoms with Gasteiger partial charge in [0.15, 0.2) is 0 Å². The molecule has 1 aromatic heterocycles. The van der Waals surface area contributed by atoms with Crippen LogP contribution in [0.5, 0.6) is 5.75 Å². The van der Waals surface area contributed by atoms with Crippen LogP contribution in [0.2, 0.25) is 0 Å². The minimum Gasteiger partial charge on any atom is -0.493 e. The normalized spacial score (nSPS) is 15.1. The van der Waals surface area contributed by atoms with E-state index in [0.717, 1.165) is 34.6 Å². The van der Waals surface area contributed by atoms with Crippen LogP contribution in [0.15, 0.2) is 47.8 Å². The molecule has 0 bridgehead atoms. The monoisotopic (exact) mass is 282 g/mol. The van der Waals surface area contributed by atoms with Crippen LogP contribution in [-0.2, 0) is 6.42 Å². The molecular formula is C17H14O2S. The SMILES string of the molecule is OC(c1ccc2c(c1)CCO2)c1cccc2ccsc12. The Bertz CT molecular complexity index is 776. The third-order valence-corrected chi connectivity index (χ3v) is 4.81. The molecule has 20 heavy (non-hydrogen) atoms. The molecule has 1 unspecified atom stereocenters. The molecule has 0 spiro atoms. The molecule has 0 saturated heterocycles. The number of aliphatic hydroxyl groups is 1. The first kappa shape index (κ1) is 11.9. The van der Waals surface area contributed by atoms with Crippen LogP contribution in [0.1, 0.15) is 22.8 Å². The smallest absolute Gasteiger partial charge is 0.122 e. The molecule has 2 nitrogen and oxygen atoms in total. The molecule has 0 amide bonds. The third kappa shape index (κ3) is 1.82. The van der Waals surface area contributed by atoms with Gasteiger partial charge in [0.05, 0.1) is 6.61 Å². The van der Waals surface area contributed by atoms with Gasteiger partial charge in [0.1, 0.15) is 11.9 Å². The Kier molecular flexibility index (Phi) is 2.76. The molecule has 0 radical (unpaired) electrons. The molecule has 0 saturated carbocycles. The summed E-state index contributed by atoms with van der Waals surface area (Å²) in [6.07, 6.45) is 0.349. The third-order valence-electron chi connectivity index (χ3n) is 3.83. The molecule has 0 aliphatic carbocycles.